The van der Waals surface area contributed by atoms with Crippen LogP contribution in [0.3, 0.4) is 0 Å². The summed E-state index contributed by atoms with van der Waals surface area (Å²) in [6.07, 6.45) is 2.72. The van der Waals surface area contributed by atoms with Gasteiger partial charge in [-0.05, 0) is 6.42 Å². The second-order valence-corrected chi connectivity index (χ2v) is 4.39. The number of aryl methyl sites for hydroxylation is 1. The number of carbonyl (C=O) groups excluding carboxylic acids is 1. The predicted octanol–water partition coefficient (Wildman–Crippen LogP) is 1.48. The highest BCUT2D eigenvalue weighted by molar-refractivity contribution is 5.77. The molecule has 1 rings (SSSR count). The van der Waals surface area contributed by atoms with Crippen molar-refractivity contribution in [2.75, 3.05) is 20.3 Å². The Labute approximate surface area is 119 Å². The number of ether oxygens (including phenoxy) is 2. The topological polar surface area (TPSA) is 73.3 Å². The molecule has 1 aromatic heterocycles. The molecule has 0 saturated heterocycles. The van der Waals surface area contributed by atoms with E-state index in [9.17, 15) is 4.79 Å². The summed E-state index contributed by atoms with van der Waals surface area (Å²) < 4.78 is 10.5. The third-order valence-electron chi connectivity index (χ3n) is 2.61. The first-order valence-corrected chi connectivity index (χ1v) is 6.94. The lowest BCUT2D eigenvalue weighted by Gasteiger charge is -2.09. The quantitative estimate of drug-likeness (QED) is 0.694. The molecule has 0 aromatic carbocycles. The smallest absolute Gasteiger partial charge is 0.258 e. The van der Waals surface area contributed by atoms with E-state index in [1.54, 1.807) is 13.2 Å². The second kappa shape index (κ2) is 9.25. The molecule has 112 valence electrons. The van der Waals surface area contributed by atoms with Crippen LogP contribution >= 0.6 is 0 Å². The van der Waals surface area contributed by atoms with Crippen LogP contribution in [0.15, 0.2) is 6.07 Å². The lowest BCUT2D eigenvalue weighted by molar-refractivity contribution is -0.123. The van der Waals surface area contributed by atoms with Crippen LogP contribution in [-0.2, 0) is 22.6 Å². The molecule has 0 aliphatic heterocycles. The molecule has 1 amide bonds. The SMILES string of the molecule is CCCCNC(=O)COc1cc(COC)nc(CC)n1. The molecule has 1 N–H and O–H groups in total. The molecular weight excluding hydrogens is 258 g/mol. The zero-order valence-corrected chi connectivity index (χ0v) is 12.4. The van der Waals surface area contributed by atoms with Crippen LogP contribution in [0.25, 0.3) is 0 Å². The van der Waals surface area contributed by atoms with Gasteiger partial charge in [0.05, 0.1) is 12.3 Å². The van der Waals surface area contributed by atoms with E-state index in [4.69, 9.17) is 9.47 Å². The number of hydrogen-bond acceptors (Lipinski definition) is 5. The van der Waals surface area contributed by atoms with Crippen molar-refractivity contribution in [3.8, 4) is 5.88 Å². The van der Waals surface area contributed by atoms with Crippen molar-refractivity contribution < 1.29 is 14.3 Å². The van der Waals surface area contributed by atoms with Crippen LogP contribution in [0.4, 0.5) is 0 Å². The van der Waals surface area contributed by atoms with Crippen LogP contribution in [0.5, 0.6) is 5.88 Å². The molecule has 0 aliphatic carbocycles. The summed E-state index contributed by atoms with van der Waals surface area (Å²) >= 11 is 0. The maximum atomic E-state index is 11.6. The van der Waals surface area contributed by atoms with Gasteiger partial charge in [-0.1, -0.05) is 20.3 Å². The number of carbonyl (C=O) groups is 1. The minimum Gasteiger partial charge on any atom is -0.467 e. The van der Waals surface area contributed by atoms with E-state index in [1.165, 1.54) is 0 Å². The lowest BCUT2D eigenvalue weighted by Crippen LogP contribution is -2.29. The molecule has 1 heterocycles. The van der Waals surface area contributed by atoms with Gasteiger partial charge in [-0.2, -0.15) is 4.98 Å². The van der Waals surface area contributed by atoms with Crippen molar-refractivity contribution in [3.05, 3.63) is 17.6 Å². The molecular formula is C14H23N3O3. The fraction of sp³-hybridized carbons (Fsp3) is 0.643. The van der Waals surface area contributed by atoms with Crippen LogP contribution in [0.1, 0.15) is 38.2 Å². The average molecular weight is 281 g/mol. The fourth-order valence-corrected chi connectivity index (χ4v) is 1.57. The van der Waals surface area contributed by atoms with E-state index in [1.807, 2.05) is 6.92 Å². The van der Waals surface area contributed by atoms with E-state index in [-0.39, 0.29) is 12.5 Å². The number of aromatic nitrogens is 2. The van der Waals surface area contributed by atoms with Crippen molar-refractivity contribution in [1.29, 1.82) is 0 Å². The Hall–Kier alpha value is -1.69. The van der Waals surface area contributed by atoms with Crippen LogP contribution in [0, 0.1) is 0 Å². The molecule has 0 spiro atoms. The van der Waals surface area contributed by atoms with Gasteiger partial charge in [-0.3, -0.25) is 4.79 Å². The van der Waals surface area contributed by atoms with Crippen molar-refractivity contribution in [1.82, 2.24) is 15.3 Å². The fourth-order valence-electron chi connectivity index (χ4n) is 1.57. The van der Waals surface area contributed by atoms with E-state index in [0.717, 1.165) is 18.5 Å². The minimum absolute atomic E-state index is 0.0314. The Morgan fingerprint density at radius 2 is 2.15 bits per heavy atom. The van der Waals surface area contributed by atoms with Gasteiger partial charge in [0.15, 0.2) is 6.61 Å². The van der Waals surface area contributed by atoms with E-state index in [0.29, 0.717) is 31.3 Å². The Balaban J connectivity index is 2.53. The summed E-state index contributed by atoms with van der Waals surface area (Å²) in [7, 11) is 1.61. The molecule has 1 aromatic rings. The zero-order chi connectivity index (χ0) is 14.8. The number of hydrogen-bond donors (Lipinski definition) is 1. The minimum atomic E-state index is -0.136. The molecule has 20 heavy (non-hydrogen) atoms. The zero-order valence-electron chi connectivity index (χ0n) is 12.4. The average Bonchev–Trinajstić information content (AvgIpc) is 2.45. The lowest BCUT2D eigenvalue weighted by atomic mass is 10.3. The second-order valence-electron chi connectivity index (χ2n) is 4.39. The van der Waals surface area contributed by atoms with Crippen LogP contribution in [-0.4, -0.2) is 36.1 Å². The summed E-state index contributed by atoms with van der Waals surface area (Å²) in [6.45, 7) is 5.09. The number of rotatable bonds is 9. The summed E-state index contributed by atoms with van der Waals surface area (Å²) in [4.78, 5) is 20.1. The first-order chi connectivity index (χ1) is 9.69. The molecule has 0 aliphatic rings. The third-order valence-corrected chi connectivity index (χ3v) is 2.61. The highest BCUT2D eigenvalue weighted by Crippen LogP contribution is 2.10. The van der Waals surface area contributed by atoms with Gasteiger partial charge in [0, 0.05) is 26.1 Å². The van der Waals surface area contributed by atoms with Crippen molar-refractivity contribution >= 4 is 5.91 Å². The van der Waals surface area contributed by atoms with Gasteiger partial charge in [-0.15, -0.1) is 0 Å². The van der Waals surface area contributed by atoms with Crippen molar-refractivity contribution in [3.63, 3.8) is 0 Å². The van der Waals surface area contributed by atoms with Crippen molar-refractivity contribution in [2.45, 2.75) is 39.7 Å². The van der Waals surface area contributed by atoms with Crippen molar-refractivity contribution in [2.24, 2.45) is 0 Å². The van der Waals surface area contributed by atoms with Gasteiger partial charge in [-0.25, -0.2) is 4.98 Å². The standard InChI is InChI=1S/C14H23N3O3/c1-4-6-7-15-13(18)10-20-14-8-11(9-19-3)16-12(5-2)17-14/h8H,4-7,9-10H2,1-3H3,(H,15,18). The number of amides is 1. The van der Waals surface area contributed by atoms with Gasteiger partial charge in [0.1, 0.15) is 5.82 Å². The molecule has 0 bridgehead atoms. The highest BCUT2D eigenvalue weighted by Gasteiger charge is 2.07. The summed E-state index contributed by atoms with van der Waals surface area (Å²) in [5.74, 6) is 0.957. The molecule has 0 saturated carbocycles. The molecule has 0 fully saturated rings. The Bertz CT molecular complexity index is 424. The Morgan fingerprint density at radius 3 is 2.80 bits per heavy atom. The molecule has 0 unspecified atom stereocenters. The number of nitrogens with one attached hydrogen (secondary N) is 1. The molecule has 0 radical (unpaired) electrons. The van der Waals surface area contributed by atoms with E-state index in [2.05, 4.69) is 22.2 Å². The third kappa shape index (κ3) is 5.97. The van der Waals surface area contributed by atoms with E-state index < -0.39 is 0 Å². The summed E-state index contributed by atoms with van der Waals surface area (Å²) in [6, 6.07) is 1.70. The number of nitrogens with zero attached hydrogens (tertiary/aromatic N) is 2. The molecule has 6 heteroatoms. The van der Waals surface area contributed by atoms with Crippen LogP contribution < -0.4 is 10.1 Å². The first-order valence-electron chi connectivity index (χ1n) is 6.94. The maximum Gasteiger partial charge on any atom is 0.258 e. The van der Waals surface area contributed by atoms with Gasteiger partial charge in [0.25, 0.3) is 5.91 Å². The Kier molecular flexibility index (Phi) is 7.57. The summed E-state index contributed by atoms with van der Waals surface area (Å²) in [5, 5.41) is 2.79. The predicted molar refractivity (Wildman–Crippen MR) is 75.5 cm³/mol. The van der Waals surface area contributed by atoms with Gasteiger partial charge >= 0.3 is 0 Å². The number of methoxy groups -OCH3 is 1. The Morgan fingerprint density at radius 1 is 1.35 bits per heavy atom. The van der Waals surface area contributed by atoms with Gasteiger partial charge in [0.2, 0.25) is 5.88 Å². The normalized spacial score (nSPS) is 10.3. The van der Waals surface area contributed by atoms with E-state index >= 15 is 0 Å². The largest absolute Gasteiger partial charge is 0.467 e. The highest BCUT2D eigenvalue weighted by atomic mass is 16.5. The maximum absolute atomic E-state index is 11.6. The summed E-state index contributed by atoms with van der Waals surface area (Å²) in [5.41, 5.74) is 0.751. The molecule has 0 atom stereocenters. The monoisotopic (exact) mass is 281 g/mol. The first kappa shape index (κ1) is 16.4. The molecule has 6 nitrogen and oxygen atoms in total. The van der Waals surface area contributed by atoms with Crippen LogP contribution in [0.2, 0.25) is 0 Å². The van der Waals surface area contributed by atoms with Gasteiger partial charge < -0.3 is 14.8 Å². The number of unbranched alkanes of at least 4 members (excludes halogenated alkanes) is 1.